The minimum Gasteiger partial charge on any atom is -0.482 e. The van der Waals surface area contributed by atoms with Crippen LogP contribution in [-0.4, -0.2) is 53.5 Å². The summed E-state index contributed by atoms with van der Waals surface area (Å²) in [6.45, 7) is 0.131. The predicted octanol–water partition coefficient (Wildman–Crippen LogP) is 0.488. The largest absolute Gasteiger partial charge is 0.482 e. The van der Waals surface area contributed by atoms with Crippen LogP contribution in [0.2, 0.25) is 0 Å². The number of amides is 2. The second-order valence-electron chi connectivity index (χ2n) is 5.32. The minimum atomic E-state index is -1.00. The molecule has 7 heteroatoms. The molecule has 1 fully saturated rings. The standard InChI is InChI=1S/C15H16N2O5/c18-13(16-7-3-5-11(16)15(20)21)8-17-10-4-1-2-6-12(10)22-9-14(17)19/h1-2,4,6,11H,3,5,7-9H2,(H,20,21)/t11-/m1/s1. The first-order valence-corrected chi connectivity index (χ1v) is 7.12. The lowest BCUT2D eigenvalue weighted by Gasteiger charge is -2.31. The number of likely N-dealkylation sites (tertiary alicyclic amines) is 1. The molecule has 0 bridgehead atoms. The predicted molar refractivity (Wildman–Crippen MR) is 76.7 cm³/mol. The highest BCUT2D eigenvalue weighted by molar-refractivity contribution is 6.02. The number of para-hydroxylation sites is 2. The Morgan fingerprint density at radius 3 is 2.86 bits per heavy atom. The van der Waals surface area contributed by atoms with Crippen LogP contribution in [0.5, 0.6) is 5.75 Å². The van der Waals surface area contributed by atoms with Gasteiger partial charge in [-0.05, 0) is 25.0 Å². The van der Waals surface area contributed by atoms with Crippen molar-refractivity contribution in [1.29, 1.82) is 0 Å². The van der Waals surface area contributed by atoms with Gasteiger partial charge in [-0.3, -0.25) is 14.5 Å². The van der Waals surface area contributed by atoms with Crippen molar-refractivity contribution < 1.29 is 24.2 Å². The zero-order valence-electron chi connectivity index (χ0n) is 11.9. The molecule has 2 heterocycles. The highest BCUT2D eigenvalue weighted by Crippen LogP contribution is 2.31. The number of carboxylic acid groups (broad SMARTS) is 1. The van der Waals surface area contributed by atoms with Crippen LogP contribution in [0, 0.1) is 0 Å². The molecule has 1 N–H and O–H groups in total. The van der Waals surface area contributed by atoms with Crippen LogP contribution < -0.4 is 9.64 Å². The molecule has 0 unspecified atom stereocenters. The molecule has 1 aromatic carbocycles. The number of ether oxygens (including phenoxy) is 1. The molecule has 0 saturated carbocycles. The summed E-state index contributed by atoms with van der Waals surface area (Å²) in [6.07, 6.45) is 1.12. The summed E-state index contributed by atoms with van der Waals surface area (Å²) < 4.78 is 5.32. The van der Waals surface area contributed by atoms with E-state index in [1.165, 1.54) is 9.80 Å². The number of carboxylic acids is 1. The van der Waals surface area contributed by atoms with Gasteiger partial charge in [-0.1, -0.05) is 12.1 Å². The van der Waals surface area contributed by atoms with E-state index in [9.17, 15) is 14.4 Å². The van der Waals surface area contributed by atoms with Crippen LogP contribution in [0.3, 0.4) is 0 Å². The smallest absolute Gasteiger partial charge is 0.326 e. The summed E-state index contributed by atoms with van der Waals surface area (Å²) in [5, 5.41) is 9.15. The number of hydrogen-bond acceptors (Lipinski definition) is 4. The van der Waals surface area contributed by atoms with Gasteiger partial charge in [-0.2, -0.15) is 0 Å². The number of nitrogens with zero attached hydrogens (tertiary/aromatic N) is 2. The van der Waals surface area contributed by atoms with Gasteiger partial charge in [0.2, 0.25) is 5.91 Å². The fourth-order valence-electron chi connectivity index (χ4n) is 2.88. The third kappa shape index (κ3) is 2.49. The quantitative estimate of drug-likeness (QED) is 0.878. The van der Waals surface area contributed by atoms with E-state index in [1.54, 1.807) is 24.3 Å². The monoisotopic (exact) mass is 304 g/mol. The summed E-state index contributed by atoms with van der Waals surface area (Å²) in [4.78, 5) is 38.3. The summed E-state index contributed by atoms with van der Waals surface area (Å²) in [5.41, 5.74) is 0.540. The molecule has 0 aliphatic carbocycles. The molecule has 116 valence electrons. The molecule has 2 amide bonds. The molecule has 0 radical (unpaired) electrons. The Bertz CT molecular complexity index is 630. The Morgan fingerprint density at radius 2 is 2.09 bits per heavy atom. The van der Waals surface area contributed by atoms with Gasteiger partial charge in [0, 0.05) is 6.54 Å². The third-order valence-corrected chi connectivity index (χ3v) is 3.96. The van der Waals surface area contributed by atoms with E-state index in [0.717, 1.165) is 0 Å². The van der Waals surface area contributed by atoms with Crippen LogP contribution in [0.15, 0.2) is 24.3 Å². The van der Waals surface area contributed by atoms with E-state index in [1.807, 2.05) is 0 Å². The Balaban J connectivity index is 1.79. The number of rotatable bonds is 3. The number of fused-ring (bicyclic) bond motifs is 1. The second-order valence-corrected chi connectivity index (χ2v) is 5.32. The summed E-state index contributed by atoms with van der Waals surface area (Å²) >= 11 is 0. The molecule has 2 aliphatic heterocycles. The SMILES string of the molecule is O=C(O)[C@H]1CCCN1C(=O)CN1C(=O)COc2ccccc21. The first-order valence-electron chi connectivity index (χ1n) is 7.12. The van der Waals surface area contributed by atoms with E-state index in [0.29, 0.717) is 30.8 Å². The fraction of sp³-hybridized carbons (Fsp3) is 0.400. The maximum atomic E-state index is 12.4. The molecule has 1 saturated heterocycles. The zero-order chi connectivity index (χ0) is 15.7. The van der Waals surface area contributed by atoms with Crippen molar-refractivity contribution in [2.75, 3.05) is 24.6 Å². The van der Waals surface area contributed by atoms with Gasteiger partial charge in [0.15, 0.2) is 6.61 Å². The van der Waals surface area contributed by atoms with Crippen molar-refractivity contribution in [3.63, 3.8) is 0 Å². The number of hydrogen-bond donors (Lipinski definition) is 1. The van der Waals surface area contributed by atoms with E-state index in [4.69, 9.17) is 9.84 Å². The summed E-state index contributed by atoms with van der Waals surface area (Å²) in [6, 6.07) is 6.19. The third-order valence-electron chi connectivity index (χ3n) is 3.96. The molecule has 3 rings (SSSR count). The van der Waals surface area contributed by atoms with Crippen molar-refractivity contribution in [2.24, 2.45) is 0 Å². The van der Waals surface area contributed by atoms with Crippen molar-refractivity contribution in [3.05, 3.63) is 24.3 Å². The van der Waals surface area contributed by atoms with E-state index in [2.05, 4.69) is 0 Å². The molecule has 7 nitrogen and oxygen atoms in total. The topological polar surface area (TPSA) is 87.2 Å². The maximum absolute atomic E-state index is 12.4. The first-order chi connectivity index (χ1) is 10.6. The van der Waals surface area contributed by atoms with Crippen molar-refractivity contribution in [1.82, 2.24) is 4.90 Å². The summed E-state index contributed by atoms with van der Waals surface area (Å²) in [7, 11) is 0. The van der Waals surface area contributed by atoms with Crippen LogP contribution in [0.25, 0.3) is 0 Å². The Kier molecular flexibility index (Phi) is 3.70. The Labute approximate surface area is 127 Å². The second kappa shape index (κ2) is 5.67. The fourth-order valence-corrected chi connectivity index (χ4v) is 2.88. The van der Waals surface area contributed by atoms with E-state index in [-0.39, 0.29) is 25.0 Å². The summed E-state index contributed by atoms with van der Waals surface area (Å²) in [5.74, 6) is -1.11. The number of carbonyl (C=O) groups excluding carboxylic acids is 2. The number of aliphatic carboxylic acids is 1. The van der Waals surface area contributed by atoms with Gasteiger partial charge in [-0.15, -0.1) is 0 Å². The molecule has 22 heavy (non-hydrogen) atoms. The van der Waals surface area contributed by atoms with Crippen LogP contribution >= 0.6 is 0 Å². The van der Waals surface area contributed by atoms with Crippen LogP contribution in [0.1, 0.15) is 12.8 Å². The van der Waals surface area contributed by atoms with Gasteiger partial charge in [-0.25, -0.2) is 4.79 Å². The number of anilines is 1. The molecule has 1 aromatic rings. The van der Waals surface area contributed by atoms with Crippen LogP contribution in [-0.2, 0) is 14.4 Å². The Morgan fingerprint density at radius 1 is 1.32 bits per heavy atom. The van der Waals surface area contributed by atoms with Crippen molar-refractivity contribution in [2.45, 2.75) is 18.9 Å². The lowest BCUT2D eigenvalue weighted by molar-refractivity contribution is -0.147. The molecule has 1 atom stereocenters. The number of benzene rings is 1. The van der Waals surface area contributed by atoms with Gasteiger partial charge < -0.3 is 14.7 Å². The highest BCUT2D eigenvalue weighted by atomic mass is 16.5. The lowest BCUT2D eigenvalue weighted by Crippen LogP contribution is -2.49. The molecular weight excluding hydrogens is 288 g/mol. The normalized spacial score (nSPS) is 20.5. The first kappa shape index (κ1) is 14.4. The maximum Gasteiger partial charge on any atom is 0.326 e. The van der Waals surface area contributed by atoms with E-state index < -0.39 is 12.0 Å². The van der Waals surface area contributed by atoms with Crippen LogP contribution in [0.4, 0.5) is 5.69 Å². The average Bonchev–Trinajstić information content (AvgIpc) is 3.00. The van der Waals surface area contributed by atoms with Gasteiger partial charge in [0.1, 0.15) is 18.3 Å². The lowest BCUT2D eigenvalue weighted by atomic mass is 10.2. The Hall–Kier alpha value is -2.57. The van der Waals surface area contributed by atoms with Gasteiger partial charge >= 0.3 is 5.97 Å². The minimum absolute atomic E-state index is 0.118. The number of carbonyl (C=O) groups is 3. The molecular formula is C15H16N2O5. The van der Waals surface area contributed by atoms with E-state index >= 15 is 0 Å². The molecule has 0 aromatic heterocycles. The van der Waals surface area contributed by atoms with Gasteiger partial charge in [0.05, 0.1) is 5.69 Å². The molecule has 2 aliphatic rings. The van der Waals surface area contributed by atoms with Crippen molar-refractivity contribution >= 4 is 23.5 Å². The van der Waals surface area contributed by atoms with Gasteiger partial charge in [0.25, 0.3) is 5.91 Å². The molecule has 0 spiro atoms. The zero-order valence-corrected chi connectivity index (χ0v) is 11.9. The average molecular weight is 304 g/mol. The highest BCUT2D eigenvalue weighted by Gasteiger charge is 2.36. The van der Waals surface area contributed by atoms with Crippen molar-refractivity contribution in [3.8, 4) is 5.75 Å².